The molecule has 5 heteroatoms. The number of carbonyl (C=O) groups excluding carboxylic acids is 1. The van der Waals surface area contributed by atoms with Crippen molar-refractivity contribution < 1.29 is 14.3 Å². The minimum absolute atomic E-state index is 0.0792. The monoisotopic (exact) mass is 236 g/mol. The van der Waals surface area contributed by atoms with E-state index < -0.39 is 0 Å². The van der Waals surface area contributed by atoms with Gasteiger partial charge in [-0.3, -0.25) is 4.79 Å². The third-order valence-electron chi connectivity index (χ3n) is 2.80. The number of nitrogens with two attached hydrogens (primary N) is 1. The second kappa shape index (κ2) is 4.63. The Labute approximate surface area is 99.9 Å². The molecule has 0 saturated heterocycles. The van der Waals surface area contributed by atoms with E-state index in [1.165, 1.54) is 14.2 Å². The first-order valence-electron chi connectivity index (χ1n) is 5.44. The van der Waals surface area contributed by atoms with E-state index in [0.29, 0.717) is 17.1 Å². The molecule has 1 amide bonds. The standard InChI is InChI=1S/C12H16N2O3/c1-16-10-5-3-4-7(11(10)17-2)12(15)14-9-6-8(9)13/h3-5,8-9H,6,13H2,1-2H3,(H,14,15). The molecule has 1 aliphatic carbocycles. The van der Waals surface area contributed by atoms with E-state index >= 15 is 0 Å². The van der Waals surface area contributed by atoms with Gasteiger partial charge in [0, 0.05) is 12.1 Å². The van der Waals surface area contributed by atoms with Gasteiger partial charge in [0.25, 0.3) is 5.91 Å². The van der Waals surface area contributed by atoms with Gasteiger partial charge in [0.2, 0.25) is 0 Å². The van der Waals surface area contributed by atoms with E-state index in [-0.39, 0.29) is 18.0 Å². The van der Waals surface area contributed by atoms with Crippen molar-refractivity contribution >= 4 is 5.91 Å². The molecule has 2 atom stereocenters. The van der Waals surface area contributed by atoms with Crippen LogP contribution in [0.4, 0.5) is 0 Å². The highest BCUT2D eigenvalue weighted by molar-refractivity contribution is 5.98. The van der Waals surface area contributed by atoms with Crippen molar-refractivity contribution in [3.8, 4) is 11.5 Å². The molecule has 0 radical (unpaired) electrons. The third-order valence-corrected chi connectivity index (χ3v) is 2.80. The van der Waals surface area contributed by atoms with Crippen LogP contribution in [0.2, 0.25) is 0 Å². The van der Waals surface area contributed by atoms with Gasteiger partial charge >= 0.3 is 0 Å². The molecule has 2 unspecified atom stereocenters. The highest BCUT2D eigenvalue weighted by Crippen LogP contribution is 2.31. The Balaban J connectivity index is 2.21. The topological polar surface area (TPSA) is 73.6 Å². The lowest BCUT2D eigenvalue weighted by Gasteiger charge is -2.12. The number of methoxy groups -OCH3 is 2. The maximum absolute atomic E-state index is 12.0. The number of para-hydroxylation sites is 1. The molecule has 5 nitrogen and oxygen atoms in total. The van der Waals surface area contributed by atoms with Gasteiger partial charge in [-0.25, -0.2) is 0 Å². The highest BCUT2D eigenvalue weighted by atomic mass is 16.5. The fraction of sp³-hybridized carbons (Fsp3) is 0.417. The van der Waals surface area contributed by atoms with Crippen LogP contribution >= 0.6 is 0 Å². The van der Waals surface area contributed by atoms with Crippen LogP contribution in [-0.2, 0) is 0 Å². The van der Waals surface area contributed by atoms with Gasteiger partial charge in [-0.2, -0.15) is 0 Å². The zero-order valence-corrected chi connectivity index (χ0v) is 9.90. The number of ether oxygens (including phenoxy) is 2. The second-order valence-corrected chi connectivity index (χ2v) is 4.02. The summed E-state index contributed by atoms with van der Waals surface area (Å²) >= 11 is 0. The first kappa shape index (κ1) is 11.7. The lowest BCUT2D eigenvalue weighted by atomic mass is 10.1. The summed E-state index contributed by atoms with van der Waals surface area (Å²) in [5.74, 6) is 0.806. The SMILES string of the molecule is COc1cccc(C(=O)NC2CC2N)c1OC. The Morgan fingerprint density at radius 1 is 1.41 bits per heavy atom. The molecule has 0 bridgehead atoms. The largest absolute Gasteiger partial charge is 0.493 e. The zero-order chi connectivity index (χ0) is 12.4. The average molecular weight is 236 g/mol. The van der Waals surface area contributed by atoms with Gasteiger partial charge < -0.3 is 20.5 Å². The predicted molar refractivity (Wildman–Crippen MR) is 63.4 cm³/mol. The Morgan fingerprint density at radius 2 is 2.12 bits per heavy atom. The first-order valence-corrected chi connectivity index (χ1v) is 5.44. The summed E-state index contributed by atoms with van der Waals surface area (Å²) < 4.78 is 10.3. The summed E-state index contributed by atoms with van der Waals surface area (Å²) in [6, 6.07) is 5.36. The molecule has 1 aromatic carbocycles. The number of carbonyl (C=O) groups is 1. The predicted octanol–water partition coefficient (Wildman–Crippen LogP) is 0.533. The quantitative estimate of drug-likeness (QED) is 0.800. The number of nitrogens with one attached hydrogen (secondary N) is 1. The molecular formula is C12H16N2O3. The van der Waals surface area contributed by atoms with Gasteiger partial charge in [0.15, 0.2) is 11.5 Å². The lowest BCUT2D eigenvalue weighted by molar-refractivity contribution is 0.0946. The number of hydrogen-bond donors (Lipinski definition) is 2. The minimum Gasteiger partial charge on any atom is -0.493 e. The molecule has 1 aliphatic rings. The van der Waals surface area contributed by atoms with E-state index in [0.717, 1.165) is 6.42 Å². The number of hydrogen-bond acceptors (Lipinski definition) is 4. The van der Waals surface area contributed by atoms with Crippen molar-refractivity contribution in [2.75, 3.05) is 14.2 Å². The van der Waals surface area contributed by atoms with Crippen LogP contribution in [0.25, 0.3) is 0 Å². The second-order valence-electron chi connectivity index (χ2n) is 4.02. The summed E-state index contributed by atoms with van der Waals surface area (Å²) in [6.45, 7) is 0. The third kappa shape index (κ3) is 2.34. The minimum atomic E-state index is -0.182. The van der Waals surface area contributed by atoms with Crippen LogP contribution in [0, 0.1) is 0 Å². The summed E-state index contributed by atoms with van der Waals surface area (Å²) in [4.78, 5) is 12.0. The molecule has 0 aliphatic heterocycles. The Morgan fingerprint density at radius 3 is 2.65 bits per heavy atom. The lowest BCUT2D eigenvalue weighted by Crippen LogP contribution is -2.29. The number of rotatable bonds is 4. The van der Waals surface area contributed by atoms with Crippen molar-refractivity contribution in [1.82, 2.24) is 5.32 Å². The molecule has 3 N–H and O–H groups in total. The fourth-order valence-electron chi connectivity index (χ4n) is 1.69. The molecule has 1 fully saturated rings. The summed E-state index contributed by atoms with van der Waals surface area (Å²) in [5.41, 5.74) is 6.11. The summed E-state index contributed by atoms with van der Waals surface area (Å²) in [5, 5.41) is 2.85. The van der Waals surface area contributed by atoms with Gasteiger partial charge in [-0.15, -0.1) is 0 Å². The van der Waals surface area contributed by atoms with Crippen LogP contribution in [0.5, 0.6) is 11.5 Å². The smallest absolute Gasteiger partial charge is 0.255 e. The van der Waals surface area contributed by atoms with Crippen LogP contribution in [0.1, 0.15) is 16.8 Å². The summed E-state index contributed by atoms with van der Waals surface area (Å²) in [7, 11) is 3.05. The van der Waals surface area contributed by atoms with Crippen molar-refractivity contribution in [1.29, 1.82) is 0 Å². The van der Waals surface area contributed by atoms with Crippen LogP contribution in [0.15, 0.2) is 18.2 Å². The molecule has 0 spiro atoms. The summed E-state index contributed by atoms with van der Waals surface area (Å²) in [6.07, 6.45) is 0.831. The number of benzene rings is 1. The Hall–Kier alpha value is -1.75. The van der Waals surface area contributed by atoms with Gasteiger partial charge in [-0.1, -0.05) is 6.07 Å². The van der Waals surface area contributed by atoms with Crippen molar-refractivity contribution in [3.63, 3.8) is 0 Å². The van der Waals surface area contributed by atoms with E-state index in [1.54, 1.807) is 18.2 Å². The molecular weight excluding hydrogens is 220 g/mol. The highest BCUT2D eigenvalue weighted by Gasteiger charge is 2.35. The zero-order valence-electron chi connectivity index (χ0n) is 9.90. The van der Waals surface area contributed by atoms with Crippen LogP contribution in [0.3, 0.4) is 0 Å². The van der Waals surface area contributed by atoms with E-state index in [4.69, 9.17) is 15.2 Å². The normalized spacial score (nSPS) is 21.8. The van der Waals surface area contributed by atoms with Crippen molar-refractivity contribution in [2.24, 2.45) is 5.73 Å². The molecule has 0 heterocycles. The number of amides is 1. The van der Waals surface area contributed by atoms with Crippen LogP contribution in [-0.4, -0.2) is 32.2 Å². The Kier molecular flexibility index (Phi) is 3.19. The molecule has 92 valence electrons. The molecule has 0 aromatic heterocycles. The van der Waals surface area contributed by atoms with Gasteiger partial charge in [0.1, 0.15) is 0 Å². The van der Waals surface area contributed by atoms with Gasteiger partial charge in [0.05, 0.1) is 19.8 Å². The van der Waals surface area contributed by atoms with Crippen molar-refractivity contribution in [3.05, 3.63) is 23.8 Å². The van der Waals surface area contributed by atoms with E-state index in [9.17, 15) is 4.79 Å². The van der Waals surface area contributed by atoms with E-state index in [1.807, 2.05) is 0 Å². The molecule has 1 saturated carbocycles. The average Bonchev–Trinajstić information content (AvgIpc) is 3.03. The molecule has 1 aromatic rings. The van der Waals surface area contributed by atoms with Crippen LogP contribution < -0.4 is 20.5 Å². The Bertz CT molecular complexity index is 434. The molecule has 17 heavy (non-hydrogen) atoms. The van der Waals surface area contributed by atoms with Crippen molar-refractivity contribution in [2.45, 2.75) is 18.5 Å². The maximum atomic E-state index is 12.0. The molecule has 2 rings (SSSR count). The maximum Gasteiger partial charge on any atom is 0.255 e. The van der Waals surface area contributed by atoms with E-state index in [2.05, 4.69) is 5.32 Å². The fourth-order valence-corrected chi connectivity index (χ4v) is 1.69. The first-order chi connectivity index (χ1) is 8.17. The van der Waals surface area contributed by atoms with Gasteiger partial charge in [-0.05, 0) is 18.6 Å².